The van der Waals surface area contributed by atoms with Gasteiger partial charge >= 0.3 is 0 Å². The van der Waals surface area contributed by atoms with Crippen molar-refractivity contribution in [3.63, 3.8) is 0 Å². The second-order valence-corrected chi connectivity index (χ2v) is 6.10. The highest BCUT2D eigenvalue weighted by molar-refractivity contribution is 4.98. The van der Waals surface area contributed by atoms with Crippen molar-refractivity contribution in [3.05, 3.63) is 0 Å². The minimum Gasteiger partial charge on any atom is -0.311 e. The molecule has 3 rings (SSSR count). The highest BCUT2D eigenvalue weighted by atomic mass is 15.2. The van der Waals surface area contributed by atoms with Gasteiger partial charge < -0.3 is 10.2 Å². The van der Waals surface area contributed by atoms with Crippen molar-refractivity contribution < 1.29 is 0 Å². The van der Waals surface area contributed by atoms with Crippen LogP contribution in [0.15, 0.2) is 0 Å². The van der Waals surface area contributed by atoms with E-state index in [4.69, 9.17) is 0 Å². The Morgan fingerprint density at radius 1 is 1.19 bits per heavy atom. The first-order chi connectivity index (χ1) is 7.86. The van der Waals surface area contributed by atoms with Crippen molar-refractivity contribution in [1.29, 1.82) is 0 Å². The molecule has 2 heteroatoms. The molecule has 2 nitrogen and oxygen atoms in total. The van der Waals surface area contributed by atoms with Crippen LogP contribution in [0.3, 0.4) is 0 Å². The van der Waals surface area contributed by atoms with Gasteiger partial charge in [0.1, 0.15) is 0 Å². The lowest BCUT2D eigenvalue weighted by molar-refractivity contribution is 0.114. The number of likely N-dealkylation sites (tertiary alicyclic amines) is 1. The normalized spacial score (nSPS) is 44.1. The van der Waals surface area contributed by atoms with E-state index in [-0.39, 0.29) is 0 Å². The third kappa shape index (κ3) is 2.02. The number of nitrogens with zero attached hydrogens (tertiary/aromatic N) is 1. The average Bonchev–Trinajstić information content (AvgIpc) is 2.92. The van der Waals surface area contributed by atoms with Crippen LogP contribution in [-0.2, 0) is 0 Å². The van der Waals surface area contributed by atoms with Crippen LogP contribution in [0.1, 0.15) is 51.9 Å². The van der Waals surface area contributed by atoms with Crippen LogP contribution in [0.4, 0.5) is 0 Å². The highest BCUT2D eigenvalue weighted by Crippen LogP contribution is 2.34. The average molecular weight is 222 g/mol. The fourth-order valence-electron chi connectivity index (χ4n) is 4.20. The molecule has 0 aromatic heterocycles. The van der Waals surface area contributed by atoms with Gasteiger partial charge in [0.25, 0.3) is 0 Å². The molecular formula is C14H26N2. The second-order valence-electron chi connectivity index (χ2n) is 6.10. The predicted molar refractivity (Wildman–Crippen MR) is 67.6 cm³/mol. The third-order valence-electron chi connectivity index (χ3n) is 5.12. The van der Waals surface area contributed by atoms with E-state index in [2.05, 4.69) is 17.1 Å². The van der Waals surface area contributed by atoms with E-state index >= 15 is 0 Å². The van der Waals surface area contributed by atoms with E-state index in [1.165, 1.54) is 58.0 Å². The number of nitrogens with one attached hydrogen (secondary N) is 1. The molecule has 3 aliphatic heterocycles. The van der Waals surface area contributed by atoms with Gasteiger partial charge in [-0.25, -0.2) is 0 Å². The molecule has 3 fully saturated rings. The molecule has 0 aliphatic carbocycles. The summed E-state index contributed by atoms with van der Waals surface area (Å²) in [6.07, 6.45) is 10.0. The van der Waals surface area contributed by atoms with Crippen LogP contribution in [0.25, 0.3) is 0 Å². The number of hydrogen-bond donors (Lipinski definition) is 1. The summed E-state index contributed by atoms with van der Waals surface area (Å²) in [6.45, 7) is 5.11. The lowest BCUT2D eigenvalue weighted by Crippen LogP contribution is -2.44. The number of hydrogen-bond acceptors (Lipinski definition) is 2. The zero-order chi connectivity index (χ0) is 11.0. The molecule has 1 N–H and O–H groups in total. The smallest absolute Gasteiger partial charge is 0.0111 e. The molecule has 0 aromatic rings. The summed E-state index contributed by atoms with van der Waals surface area (Å²) < 4.78 is 0. The van der Waals surface area contributed by atoms with Crippen LogP contribution in [0.5, 0.6) is 0 Å². The standard InChI is InChI=1S/C14H26N2/c1-2-13-5-3-4-8-16(13)10-11-9-12-6-7-14(11)15-12/h11-15H,2-10H2,1H3. The van der Waals surface area contributed by atoms with Crippen molar-refractivity contribution in [1.82, 2.24) is 10.2 Å². The van der Waals surface area contributed by atoms with Gasteiger partial charge in [-0.15, -0.1) is 0 Å². The van der Waals surface area contributed by atoms with Crippen molar-refractivity contribution in [2.45, 2.75) is 70.0 Å². The number of rotatable bonds is 3. The molecule has 4 unspecified atom stereocenters. The van der Waals surface area contributed by atoms with E-state index in [1.807, 2.05) is 0 Å². The van der Waals surface area contributed by atoms with Gasteiger partial charge in [-0.3, -0.25) is 0 Å². The Kier molecular flexibility index (Phi) is 3.21. The maximum absolute atomic E-state index is 3.77. The van der Waals surface area contributed by atoms with Crippen LogP contribution in [0.2, 0.25) is 0 Å². The summed E-state index contributed by atoms with van der Waals surface area (Å²) in [5, 5.41) is 3.77. The highest BCUT2D eigenvalue weighted by Gasteiger charge is 2.40. The lowest BCUT2D eigenvalue weighted by Gasteiger charge is -2.38. The summed E-state index contributed by atoms with van der Waals surface area (Å²) in [4.78, 5) is 2.80. The zero-order valence-electron chi connectivity index (χ0n) is 10.6. The van der Waals surface area contributed by atoms with Gasteiger partial charge in [-0.05, 0) is 51.0 Å². The Labute approximate surface area is 99.8 Å². The topological polar surface area (TPSA) is 15.3 Å². The molecule has 3 heterocycles. The Bertz CT molecular complexity index is 241. The quantitative estimate of drug-likeness (QED) is 0.789. The van der Waals surface area contributed by atoms with Gasteiger partial charge in [0.2, 0.25) is 0 Å². The van der Waals surface area contributed by atoms with Gasteiger partial charge in [0.15, 0.2) is 0 Å². The second kappa shape index (κ2) is 4.66. The molecule has 4 atom stereocenters. The summed E-state index contributed by atoms with van der Waals surface area (Å²) >= 11 is 0. The maximum atomic E-state index is 3.77. The molecule has 2 bridgehead atoms. The Morgan fingerprint density at radius 2 is 2.12 bits per heavy atom. The molecule has 3 aliphatic rings. The lowest BCUT2D eigenvalue weighted by atomic mass is 9.87. The fourth-order valence-corrected chi connectivity index (χ4v) is 4.20. The van der Waals surface area contributed by atoms with Crippen LogP contribution in [0, 0.1) is 5.92 Å². The summed E-state index contributed by atoms with van der Waals surface area (Å²) in [7, 11) is 0. The monoisotopic (exact) mass is 222 g/mol. The molecule has 0 saturated carbocycles. The molecule has 0 amide bonds. The van der Waals surface area contributed by atoms with Gasteiger partial charge in [-0.1, -0.05) is 13.3 Å². The molecule has 0 aromatic carbocycles. The van der Waals surface area contributed by atoms with Crippen molar-refractivity contribution >= 4 is 0 Å². The van der Waals surface area contributed by atoms with Crippen molar-refractivity contribution in [2.24, 2.45) is 5.92 Å². The van der Waals surface area contributed by atoms with E-state index < -0.39 is 0 Å². The van der Waals surface area contributed by atoms with Crippen LogP contribution < -0.4 is 5.32 Å². The van der Waals surface area contributed by atoms with Crippen LogP contribution >= 0.6 is 0 Å². The number of fused-ring (bicyclic) bond motifs is 2. The fraction of sp³-hybridized carbons (Fsp3) is 1.00. The third-order valence-corrected chi connectivity index (χ3v) is 5.12. The van der Waals surface area contributed by atoms with E-state index in [9.17, 15) is 0 Å². The first kappa shape index (κ1) is 11.0. The first-order valence-corrected chi connectivity index (χ1v) is 7.37. The van der Waals surface area contributed by atoms with Crippen LogP contribution in [-0.4, -0.2) is 36.1 Å². The minimum absolute atomic E-state index is 0.865. The molecule has 3 saturated heterocycles. The molecular weight excluding hydrogens is 196 g/mol. The Hall–Kier alpha value is -0.0800. The number of piperidine rings is 1. The van der Waals surface area contributed by atoms with E-state index in [0.29, 0.717) is 0 Å². The van der Waals surface area contributed by atoms with Gasteiger partial charge in [0, 0.05) is 24.7 Å². The summed E-state index contributed by atoms with van der Waals surface area (Å²) in [5.41, 5.74) is 0. The Morgan fingerprint density at radius 3 is 2.81 bits per heavy atom. The Balaban J connectivity index is 1.56. The molecule has 0 radical (unpaired) electrons. The van der Waals surface area contributed by atoms with Gasteiger partial charge in [0.05, 0.1) is 0 Å². The SMILES string of the molecule is CCC1CCCCN1CC1CC2CCC1N2. The maximum Gasteiger partial charge on any atom is 0.0111 e. The van der Waals surface area contributed by atoms with Gasteiger partial charge in [-0.2, -0.15) is 0 Å². The molecule has 0 spiro atoms. The summed E-state index contributed by atoms with van der Waals surface area (Å²) in [5.74, 6) is 0.964. The van der Waals surface area contributed by atoms with Crippen molar-refractivity contribution in [3.8, 4) is 0 Å². The summed E-state index contributed by atoms with van der Waals surface area (Å²) in [6, 6.07) is 2.64. The minimum atomic E-state index is 0.865. The predicted octanol–water partition coefficient (Wildman–Crippen LogP) is 2.39. The van der Waals surface area contributed by atoms with Crippen molar-refractivity contribution in [2.75, 3.05) is 13.1 Å². The van der Waals surface area contributed by atoms with E-state index in [1.54, 1.807) is 0 Å². The van der Waals surface area contributed by atoms with E-state index in [0.717, 1.165) is 24.0 Å². The zero-order valence-corrected chi connectivity index (χ0v) is 10.6. The largest absolute Gasteiger partial charge is 0.311 e. The first-order valence-electron chi connectivity index (χ1n) is 7.37. The molecule has 16 heavy (non-hydrogen) atoms. The molecule has 92 valence electrons.